The maximum Gasteiger partial charge on any atom is 0.168 e. The zero-order valence-electron chi connectivity index (χ0n) is 7.99. The van der Waals surface area contributed by atoms with Gasteiger partial charge in [0.2, 0.25) is 0 Å². The van der Waals surface area contributed by atoms with Crippen molar-refractivity contribution in [2.45, 2.75) is 13.8 Å². The highest BCUT2D eigenvalue weighted by molar-refractivity contribution is 7.08. The molecule has 1 unspecified atom stereocenters. The molecule has 0 saturated heterocycles. The van der Waals surface area contributed by atoms with E-state index < -0.39 is 0 Å². The predicted molar refractivity (Wildman–Crippen MR) is 56.0 cm³/mol. The fraction of sp³-hybridized carbons (Fsp3) is 0.500. The van der Waals surface area contributed by atoms with Gasteiger partial charge in [-0.25, -0.2) is 0 Å². The monoisotopic (exact) mass is 197 g/mol. The Labute approximate surface area is 82.8 Å². The van der Waals surface area contributed by atoms with Gasteiger partial charge in [-0.2, -0.15) is 11.3 Å². The van der Waals surface area contributed by atoms with E-state index in [0.29, 0.717) is 12.5 Å². The van der Waals surface area contributed by atoms with Gasteiger partial charge in [0.05, 0.1) is 0 Å². The topological polar surface area (TPSA) is 43.1 Å². The third kappa shape index (κ3) is 2.39. The van der Waals surface area contributed by atoms with Gasteiger partial charge in [-0.15, -0.1) is 0 Å². The highest BCUT2D eigenvalue weighted by Crippen LogP contribution is 2.17. The molecule has 0 fully saturated rings. The second-order valence-electron chi connectivity index (χ2n) is 3.46. The second-order valence-corrected chi connectivity index (χ2v) is 4.24. The molecule has 13 heavy (non-hydrogen) atoms. The Morgan fingerprint density at radius 3 is 2.69 bits per heavy atom. The number of thiophene rings is 1. The van der Waals surface area contributed by atoms with Crippen molar-refractivity contribution < 1.29 is 4.79 Å². The summed E-state index contributed by atoms with van der Waals surface area (Å²) < 4.78 is 0. The zero-order chi connectivity index (χ0) is 9.84. The van der Waals surface area contributed by atoms with Crippen molar-refractivity contribution in [2.75, 3.05) is 6.54 Å². The third-order valence-electron chi connectivity index (χ3n) is 2.20. The molecule has 2 N–H and O–H groups in total. The summed E-state index contributed by atoms with van der Waals surface area (Å²) in [7, 11) is 0. The largest absolute Gasteiger partial charge is 0.330 e. The quantitative estimate of drug-likeness (QED) is 0.752. The van der Waals surface area contributed by atoms with Gasteiger partial charge in [0.25, 0.3) is 0 Å². The van der Waals surface area contributed by atoms with Gasteiger partial charge in [-0.05, 0) is 17.4 Å². The maximum absolute atomic E-state index is 11.8. The average molecular weight is 197 g/mol. The molecule has 72 valence electrons. The van der Waals surface area contributed by atoms with Crippen molar-refractivity contribution in [1.82, 2.24) is 0 Å². The van der Waals surface area contributed by atoms with Crippen LogP contribution in [-0.4, -0.2) is 12.3 Å². The summed E-state index contributed by atoms with van der Waals surface area (Å²) in [5.41, 5.74) is 6.36. The first-order valence-corrected chi connectivity index (χ1v) is 5.37. The molecule has 1 atom stereocenters. The Hall–Kier alpha value is -0.670. The molecule has 0 aliphatic carbocycles. The Bertz CT molecular complexity index is 266. The smallest absolute Gasteiger partial charge is 0.168 e. The lowest BCUT2D eigenvalue weighted by Crippen LogP contribution is -2.28. The summed E-state index contributed by atoms with van der Waals surface area (Å²) in [6.07, 6.45) is 0. The number of carbonyl (C=O) groups is 1. The lowest BCUT2D eigenvalue weighted by Gasteiger charge is -2.16. The highest BCUT2D eigenvalue weighted by atomic mass is 32.1. The maximum atomic E-state index is 11.8. The van der Waals surface area contributed by atoms with Crippen LogP contribution in [0.5, 0.6) is 0 Å². The van der Waals surface area contributed by atoms with E-state index in [0.717, 1.165) is 5.56 Å². The summed E-state index contributed by atoms with van der Waals surface area (Å²) in [6, 6.07) is 1.86. The fourth-order valence-corrected chi connectivity index (χ4v) is 1.95. The number of rotatable bonds is 4. The number of Topliss-reactive ketones (excluding diaryl/α,β-unsaturated/α-hetero) is 1. The number of nitrogens with two attached hydrogens (primary N) is 1. The molecule has 0 aliphatic heterocycles. The number of hydrogen-bond acceptors (Lipinski definition) is 3. The highest BCUT2D eigenvalue weighted by Gasteiger charge is 2.21. The molecule has 0 radical (unpaired) electrons. The summed E-state index contributed by atoms with van der Waals surface area (Å²) in [6.45, 7) is 4.50. The molecule has 0 spiro atoms. The van der Waals surface area contributed by atoms with Crippen LogP contribution in [0.2, 0.25) is 0 Å². The minimum Gasteiger partial charge on any atom is -0.330 e. The lowest BCUT2D eigenvalue weighted by molar-refractivity contribution is 0.0892. The molecule has 1 rings (SSSR count). The number of hydrogen-bond donors (Lipinski definition) is 1. The van der Waals surface area contributed by atoms with Crippen LogP contribution in [-0.2, 0) is 0 Å². The molecule has 0 amide bonds. The standard InChI is InChI=1S/C10H15NOS/c1-7(2)9(5-11)10(12)8-3-4-13-6-8/h3-4,6-7,9H,5,11H2,1-2H3. The molecule has 1 heterocycles. The summed E-state index contributed by atoms with van der Waals surface area (Å²) >= 11 is 1.55. The van der Waals surface area contributed by atoms with E-state index >= 15 is 0 Å². The van der Waals surface area contributed by atoms with Crippen LogP contribution in [0.25, 0.3) is 0 Å². The van der Waals surface area contributed by atoms with Crippen molar-refractivity contribution in [3.05, 3.63) is 22.4 Å². The number of carbonyl (C=O) groups excluding carboxylic acids is 1. The molecule has 0 bridgehead atoms. The van der Waals surface area contributed by atoms with E-state index in [1.54, 1.807) is 11.3 Å². The van der Waals surface area contributed by atoms with Gasteiger partial charge in [0.15, 0.2) is 5.78 Å². The van der Waals surface area contributed by atoms with E-state index in [9.17, 15) is 4.79 Å². The van der Waals surface area contributed by atoms with Gasteiger partial charge in [0, 0.05) is 23.4 Å². The first kappa shape index (κ1) is 10.4. The van der Waals surface area contributed by atoms with Gasteiger partial charge in [-0.1, -0.05) is 13.8 Å². The average Bonchev–Trinajstić information content (AvgIpc) is 2.56. The molecule has 1 aromatic heterocycles. The molecule has 0 aromatic carbocycles. The van der Waals surface area contributed by atoms with Crippen molar-refractivity contribution in [3.63, 3.8) is 0 Å². The first-order valence-electron chi connectivity index (χ1n) is 4.43. The molecule has 2 nitrogen and oxygen atoms in total. The van der Waals surface area contributed by atoms with Crippen LogP contribution < -0.4 is 5.73 Å². The Balaban J connectivity index is 2.77. The Morgan fingerprint density at radius 1 is 1.62 bits per heavy atom. The zero-order valence-corrected chi connectivity index (χ0v) is 8.80. The normalized spacial score (nSPS) is 13.2. The van der Waals surface area contributed by atoms with Gasteiger partial charge < -0.3 is 5.73 Å². The Morgan fingerprint density at radius 2 is 2.31 bits per heavy atom. The SMILES string of the molecule is CC(C)C(CN)C(=O)c1ccsc1. The van der Waals surface area contributed by atoms with E-state index in [1.165, 1.54) is 0 Å². The van der Waals surface area contributed by atoms with Crippen LogP contribution in [0.3, 0.4) is 0 Å². The van der Waals surface area contributed by atoms with Gasteiger partial charge >= 0.3 is 0 Å². The van der Waals surface area contributed by atoms with Gasteiger partial charge in [-0.3, -0.25) is 4.79 Å². The third-order valence-corrected chi connectivity index (χ3v) is 2.88. The molecular weight excluding hydrogens is 182 g/mol. The molecule has 0 saturated carbocycles. The fourth-order valence-electron chi connectivity index (χ4n) is 1.30. The minimum absolute atomic E-state index is 0.0328. The molecule has 1 aromatic rings. The Kier molecular flexibility index (Phi) is 3.63. The van der Waals surface area contributed by atoms with Crippen molar-refractivity contribution in [2.24, 2.45) is 17.6 Å². The summed E-state index contributed by atoms with van der Waals surface area (Å²) in [5.74, 6) is 0.464. The van der Waals surface area contributed by atoms with Crippen LogP contribution >= 0.6 is 11.3 Å². The van der Waals surface area contributed by atoms with Crippen molar-refractivity contribution in [3.8, 4) is 0 Å². The van der Waals surface area contributed by atoms with Crippen LogP contribution in [0.1, 0.15) is 24.2 Å². The van der Waals surface area contributed by atoms with E-state index in [1.807, 2.05) is 30.7 Å². The van der Waals surface area contributed by atoms with Crippen LogP contribution in [0.15, 0.2) is 16.8 Å². The predicted octanol–water partition coefficient (Wildman–Crippen LogP) is 2.16. The van der Waals surface area contributed by atoms with Crippen molar-refractivity contribution in [1.29, 1.82) is 0 Å². The van der Waals surface area contributed by atoms with Crippen molar-refractivity contribution >= 4 is 17.1 Å². The molecule has 0 aliphatic rings. The summed E-state index contributed by atoms with van der Waals surface area (Å²) in [5, 5.41) is 3.80. The lowest BCUT2D eigenvalue weighted by atomic mass is 9.89. The minimum atomic E-state index is -0.0328. The number of ketones is 1. The van der Waals surface area contributed by atoms with E-state index in [-0.39, 0.29) is 11.7 Å². The first-order chi connectivity index (χ1) is 6.16. The molecular formula is C10H15NOS. The van der Waals surface area contributed by atoms with Crippen LogP contribution in [0.4, 0.5) is 0 Å². The summed E-state index contributed by atoms with van der Waals surface area (Å²) in [4.78, 5) is 11.8. The molecule has 3 heteroatoms. The van der Waals surface area contributed by atoms with Gasteiger partial charge in [0.1, 0.15) is 0 Å². The second kappa shape index (κ2) is 4.53. The van der Waals surface area contributed by atoms with Crippen LogP contribution in [0, 0.1) is 11.8 Å². The van der Waals surface area contributed by atoms with E-state index in [2.05, 4.69) is 0 Å². The van der Waals surface area contributed by atoms with E-state index in [4.69, 9.17) is 5.73 Å².